The van der Waals surface area contributed by atoms with Crippen LogP contribution in [0.3, 0.4) is 0 Å². The van der Waals surface area contributed by atoms with Crippen LogP contribution in [0.2, 0.25) is 0 Å². The maximum atomic E-state index is 12.5. The van der Waals surface area contributed by atoms with Gasteiger partial charge in [0.05, 0.1) is 19.1 Å². The molecular formula is C21H28O5. The van der Waals surface area contributed by atoms with Gasteiger partial charge in [0, 0.05) is 12.7 Å². The molecule has 0 aromatic heterocycles. The Morgan fingerprint density at radius 1 is 1.08 bits per heavy atom. The van der Waals surface area contributed by atoms with Gasteiger partial charge >= 0.3 is 11.9 Å². The molecule has 5 heteroatoms. The molecule has 142 valence electrons. The number of ether oxygens (including phenoxy) is 3. The number of hydrogen-bond acceptors (Lipinski definition) is 5. The molecule has 0 amide bonds. The Kier molecular flexibility index (Phi) is 6.59. The lowest BCUT2D eigenvalue weighted by Crippen LogP contribution is -2.11. The fourth-order valence-corrected chi connectivity index (χ4v) is 3.16. The summed E-state index contributed by atoms with van der Waals surface area (Å²) in [6, 6.07) is 7.79. The Bertz CT molecular complexity index is 672. The number of rotatable bonds is 8. The zero-order chi connectivity index (χ0) is 19.3. The van der Waals surface area contributed by atoms with Gasteiger partial charge in [0.1, 0.15) is 6.61 Å². The van der Waals surface area contributed by atoms with E-state index in [9.17, 15) is 9.59 Å². The minimum atomic E-state index is -0.335. The average Bonchev–Trinajstić information content (AvgIpc) is 3.14. The first kappa shape index (κ1) is 20.2. The van der Waals surface area contributed by atoms with E-state index >= 15 is 0 Å². The molecule has 26 heavy (non-hydrogen) atoms. The van der Waals surface area contributed by atoms with E-state index < -0.39 is 0 Å². The number of hydrogen-bond donors (Lipinski definition) is 0. The summed E-state index contributed by atoms with van der Waals surface area (Å²) in [6.45, 7) is 8.66. The van der Waals surface area contributed by atoms with Crippen molar-refractivity contribution in [2.45, 2.75) is 40.9 Å². The fraction of sp³-hybridized carbons (Fsp3) is 0.524. The molecule has 0 spiro atoms. The topological polar surface area (TPSA) is 61.8 Å². The first-order valence-electron chi connectivity index (χ1n) is 8.90. The lowest BCUT2D eigenvalue weighted by atomic mass is 10.1. The van der Waals surface area contributed by atoms with Crippen LogP contribution in [0.1, 0.15) is 38.8 Å². The van der Waals surface area contributed by atoms with Gasteiger partial charge in [-0.1, -0.05) is 44.2 Å². The largest absolute Gasteiger partial charge is 0.463 e. The Labute approximate surface area is 155 Å². The lowest BCUT2D eigenvalue weighted by Gasteiger charge is -2.07. The molecule has 2 unspecified atom stereocenters. The van der Waals surface area contributed by atoms with Crippen molar-refractivity contribution in [1.82, 2.24) is 0 Å². The summed E-state index contributed by atoms with van der Waals surface area (Å²) in [7, 11) is 1.65. The van der Waals surface area contributed by atoms with Crippen LogP contribution >= 0.6 is 0 Å². The van der Waals surface area contributed by atoms with Crippen LogP contribution in [0.5, 0.6) is 0 Å². The molecule has 1 saturated carbocycles. The highest BCUT2D eigenvalue weighted by molar-refractivity contribution is 5.88. The molecule has 1 fully saturated rings. The van der Waals surface area contributed by atoms with Crippen LogP contribution in [0, 0.1) is 17.3 Å². The number of carbonyl (C=O) groups excluding carboxylic acids is 2. The van der Waals surface area contributed by atoms with Crippen LogP contribution in [0.4, 0.5) is 0 Å². The second kappa shape index (κ2) is 8.49. The molecular weight excluding hydrogens is 332 g/mol. The molecule has 0 saturated heterocycles. The summed E-state index contributed by atoms with van der Waals surface area (Å²) in [5, 5.41) is 0. The van der Waals surface area contributed by atoms with E-state index in [-0.39, 0.29) is 35.8 Å². The molecule has 1 aliphatic rings. The smallest absolute Gasteiger partial charge is 0.333 e. The van der Waals surface area contributed by atoms with Crippen molar-refractivity contribution in [3.8, 4) is 0 Å². The molecule has 0 N–H and O–H groups in total. The van der Waals surface area contributed by atoms with Crippen molar-refractivity contribution < 1.29 is 23.8 Å². The molecule has 0 bridgehead atoms. The number of benzene rings is 1. The third kappa shape index (κ3) is 4.73. The van der Waals surface area contributed by atoms with Crippen molar-refractivity contribution >= 4 is 11.9 Å². The van der Waals surface area contributed by atoms with Crippen LogP contribution in [-0.2, 0) is 37.0 Å². The predicted octanol–water partition coefficient (Wildman–Crippen LogP) is 3.66. The molecule has 1 aromatic rings. The van der Waals surface area contributed by atoms with E-state index in [1.165, 1.54) is 0 Å². The number of methoxy groups -OCH3 is 1. The quantitative estimate of drug-likeness (QED) is 0.523. The highest BCUT2D eigenvalue weighted by Gasteiger charge is 2.61. The summed E-state index contributed by atoms with van der Waals surface area (Å²) >= 11 is 0. The van der Waals surface area contributed by atoms with Gasteiger partial charge in [-0.15, -0.1) is 0 Å². The minimum Gasteiger partial charge on any atom is -0.463 e. The minimum absolute atomic E-state index is 0.0107. The fourth-order valence-electron chi connectivity index (χ4n) is 3.16. The molecule has 0 heterocycles. The average molecular weight is 360 g/mol. The van der Waals surface area contributed by atoms with Crippen LogP contribution in [-0.4, -0.2) is 25.7 Å². The van der Waals surface area contributed by atoms with Gasteiger partial charge in [0.25, 0.3) is 0 Å². The van der Waals surface area contributed by atoms with Gasteiger partial charge in [0.15, 0.2) is 0 Å². The number of esters is 2. The van der Waals surface area contributed by atoms with Crippen molar-refractivity contribution in [3.05, 3.63) is 47.0 Å². The molecule has 2 atom stereocenters. The number of carbonyl (C=O) groups is 2. The standard InChI is InChI=1S/C21H28O5/c1-6-25-19(22)14(2)11-17-18(21(17,3)4)20(23)26-13-16-9-7-15(8-10-16)12-24-5/h7-11,17-18H,6,12-13H2,1-5H3. The Morgan fingerprint density at radius 3 is 2.19 bits per heavy atom. The monoisotopic (exact) mass is 360 g/mol. The summed E-state index contributed by atoms with van der Waals surface area (Å²) < 4.78 is 15.6. The highest BCUT2D eigenvalue weighted by Crippen LogP contribution is 2.59. The van der Waals surface area contributed by atoms with Crippen molar-refractivity contribution in [2.24, 2.45) is 17.3 Å². The predicted molar refractivity (Wildman–Crippen MR) is 98.1 cm³/mol. The van der Waals surface area contributed by atoms with Crippen molar-refractivity contribution in [2.75, 3.05) is 13.7 Å². The van der Waals surface area contributed by atoms with Gasteiger partial charge in [0.2, 0.25) is 0 Å². The maximum absolute atomic E-state index is 12.5. The molecule has 0 radical (unpaired) electrons. The molecule has 1 aliphatic carbocycles. The van der Waals surface area contributed by atoms with Crippen LogP contribution in [0.25, 0.3) is 0 Å². The number of allylic oxidation sites excluding steroid dienone is 1. The zero-order valence-corrected chi connectivity index (χ0v) is 16.2. The molecule has 1 aromatic carbocycles. The maximum Gasteiger partial charge on any atom is 0.333 e. The summed E-state index contributed by atoms with van der Waals surface area (Å²) in [4.78, 5) is 24.2. The van der Waals surface area contributed by atoms with Gasteiger partial charge in [-0.2, -0.15) is 0 Å². The van der Waals surface area contributed by atoms with E-state index in [0.29, 0.717) is 18.8 Å². The van der Waals surface area contributed by atoms with E-state index in [1.807, 2.05) is 44.2 Å². The van der Waals surface area contributed by atoms with Gasteiger partial charge < -0.3 is 14.2 Å². The van der Waals surface area contributed by atoms with E-state index in [1.54, 1.807) is 21.0 Å². The van der Waals surface area contributed by atoms with Crippen molar-refractivity contribution in [3.63, 3.8) is 0 Å². The first-order valence-corrected chi connectivity index (χ1v) is 8.90. The SMILES string of the molecule is CCOC(=O)C(C)=CC1C(C(=O)OCc2ccc(COC)cc2)C1(C)C. The third-order valence-corrected chi connectivity index (χ3v) is 4.91. The summed E-state index contributed by atoms with van der Waals surface area (Å²) in [5.41, 5.74) is 2.33. The lowest BCUT2D eigenvalue weighted by molar-refractivity contribution is -0.147. The van der Waals surface area contributed by atoms with Gasteiger partial charge in [-0.05, 0) is 36.3 Å². The second-order valence-corrected chi connectivity index (χ2v) is 7.25. The third-order valence-electron chi connectivity index (χ3n) is 4.91. The van der Waals surface area contributed by atoms with Crippen LogP contribution in [0.15, 0.2) is 35.9 Å². The zero-order valence-electron chi connectivity index (χ0n) is 16.2. The summed E-state index contributed by atoms with van der Waals surface area (Å²) in [6.07, 6.45) is 1.84. The highest BCUT2D eigenvalue weighted by atomic mass is 16.5. The normalized spacial score (nSPS) is 21.2. The van der Waals surface area contributed by atoms with E-state index in [2.05, 4.69) is 0 Å². The van der Waals surface area contributed by atoms with Gasteiger partial charge in [-0.25, -0.2) is 4.79 Å². The van der Waals surface area contributed by atoms with E-state index in [4.69, 9.17) is 14.2 Å². The molecule has 0 aliphatic heterocycles. The Morgan fingerprint density at radius 2 is 1.65 bits per heavy atom. The van der Waals surface area contributed by atoms with Crippen molar-refractivity contribution in [1.29, 1.82) is 0 Å². The van der Waals surface area contributed by atoms with E-state index in [0.717, 1.165) is 11.1 Å². The summed E-state index contributed by atoms with van der Waals surface area (Å²) in [5.74, 6) is -0.810. The molecule has 2 rings (SSSR count). The Balaban J connectivity index is 1.92. The van der Waals surface area contributed by atoms with Gasteiger partial charge in [-0.3, -0.25) is 4.79 Å². The Hall–Kier alpha value is -2.14. The molecule has 5 nitrogen and oxygen atoms in total. The second-order valence-electron chi connectivity index (χ2n) is 7.25. The van der Waals surface area contributed by atoms with Crippen LogP contribution < -0.4 is 0 Å². The first-order chi connectivity index (χ1) is 12.3.